The number of nitrogen functional groups attached to an aromatic ring is 1. The summed E-state index contributed by atoms with van der Waals surface area (Å²) in [5.74, 6) is -0.854. The van der Waals surface area contributed by atoms with Crippen molar-refractivity contribution in [2.45, 2.75) is 19.4 Å². The summed E-state index contributed by atoms with van der Waals surface area (Å²) in [5, 5.41) is 3.26. The molecule has 180 valence electrons. The van der Waals surface area contributed by atoms with Crippen molar-refractivity contribution in [3.8, 4) is 16.8 Å². The standard InChI is InChI=1S/C26H22FN7O2/c1-32-13-18(21-23(28)29-14-30-24(21)32)17-10-9-15(12-19(17)27)31-25(35)22-20-8-5-11-33(20)34(26(22)36)16-6-3-2-4-7-16/h2-4,6-7,9-10,12-14H,5,8,11H2,1H3,(H,31,35)(H2,28,29,30). The summed E-state index contributed by atoms with van der Waals surface area (Å²) >= 11 is 0. The Kier molecular flexibility index (Phi) is 4.96. The van der Waals surface area contributed by atoms with Gasteiger partial charge in [-0.15, -0.1) is 0 Å². The number of halogens is 1. The second-order valence-electron chi connectivity index (χ2n) is 8.76. The number of nitrogens with one attached hydrogen (secondary N) is 1. The summed E-state index contributed by atoms with van der Waals surface area (Å²) in [6, 6.07) is 13.6. The smallest absolute Gasteiger partial charge is 0.284 e. The van der Waals surface area contributed by atoms with Crippen molar-refractivity contribution in [2.75, 3.05) is 11.1 Å². The molecular weight excluding hydrogens is 461 g/mol. The molecule has 5 aromatic rings. The van der Waals surface area contributed by atoms with Gasteiger partial charge in [0.1, 0.15) is 29.2 Å². The first-order valence-corrected chi connectivity index (χ1v) is 11.5. The summed E-state index contributed by atoms with van der Waals surface area (Å²) < 4.78 is 20.4. The highest BCUT2D eigenvalue weighted by Gasteiger charge is 2.29. The molecule has 2 aromatic carbocycles. The molecule has 1 amide bonds. The van der Waals surface area contributed by atoms with Crippen LogP contribution >= 0.6 is 0 Å². The van der Waals surface area contributed by atoms with Crippen LogP contribution in [0.1, 0.15) is 22.5 Å². The first kappa shape index (κ1) is 21.8. The van der Waals surface area contributed by atoms with E-state index >= 15 is 4.39 Å². The number of fused-ring (bicyclic) bond motifs is 2. The lowest BCUT2D eigenvalue weighted by Crippen LogP contribution is -2.26. The maximum Gasteiger partial charge on any atom is 0.284 e. The number of aryl methyl sites for hydroxylation is 1. The average molecular weight is 484 g/mol. The first-order valence-electron chi connectivity index (χ1n) is 11.5. The summed E-state index contributed by atoms with van der Waals surface area (Å²) in [7, 11) is 1.79. The van der Waals surface area contributed by atoms with E-state index in [-0.39, 0.29) is 17.1 Å². The van der Waals surface area contributed by atoms with Crippen LogP contribution in [0.5, 0.6) is 0 Å². The van der Waals surface area contributed by atoms with Gasteiger partial charge in [-0.3, -0.25) is 14.3 Å². The second-order valence-corrected chi connectivity index (χ2v) is 8.76. The van der Waals surface area contributed by atoms with Crippen LogP contribution in [0.15, 0.2) is 65.8 Å². The topological polar surface area (TPSA) is 113 Å². The molecule has 1 aliphatic heterocycles. The van der Waals surface area contributed by atoms with Gasteiger partial charge in [0, 0.05) is 36.6 Å². The number of para-hydroxylation sites is 1. The predicted octanol–water partition coefficient (Wildman–Crippen LogP) is 3.51. The molecule has 0 saturated heterocycles. The second kappa shape index (κ2) is 8.19. The van der Waals surface area contributed by atoms with Gasteiger partial charge in [-0.1, -0.05) is 18.2 Å². The van der Waals surface area contributed by atoms with E-state index in [9.17, 15) is 9.59 Å². The molecule has 0 atom stereocenters. The fourth-order valence-electron chi connectivity index (χ4n) is 4.97. The zero-order chi connectivity index (χ0) is 25.0. The quantitative estimate of drug-likeness (QED) is 0.406. The van der Waals surface area contributed by atoms with Gasteiger partial charge in [0.25, 0.3) is 11.5 Å². The van der Waals surface area contributed by atoms with Gasteiger partial charge in [-0.25, -0.2) is 19.0 Å². The van der Waals surface area contributed by atoms with Crippen LogP contribution in [-0.4, -0.2) is 29.8 Å². The van der Waals surface area contributed by atoms with Gasteiger partial charge >= 0.3 is 0 Å². The van der Waals surface area contributed by atoms with E-state index in [4.69, 9.17) is 5.73 Å². The fraction of sp³-hybridized carbons (Fsp3) is 0.154. The van der Waals surface area contributed by atoms with Crippen LogP contribution < -0.4 is 16.6 Å². The Hall–Kier alpha value is -4.73. The van der Waals surface area contributed by atoms with E-state index in [0.29, 0.717) is 46.5 Å². The minimum Gasteiger partial charge on any atom is -0.383 e. The molecule has 0 aliphatic carbocycles. The number of aromatic nitrogens is 5. The van der Waals surface area contributed by atoms with Crippen molar-refractivity contribution in [2.24, 2.45) is 7.05 Å². The Bertz CT molecular complexity index is 1720. The summed E-state index contributed by atoms with van der Waals surface area (Å²) in [6.45, 7) is 0.647. The lowest BCUT2D eigenvalue weighted by Gasteiger charge is -2.08. The Morgan fingerprint density at radius 3 is 2.69 bits per heavy atom. The molecule has 0 spiro atoms. The molecule has 10 heteroatoms. The van der Waals surface area contributed by atoms with Gasteiger partial charge in [-0.05, 0) is 43.2 Å². The van der Waals surface area contributed by atoms with Crippen molar-refractivity contribution in [1.82, 2.24) is 23.9 Å². The minimum absolute atomic E-state index is 0.0832. The molecule has 4 heterocycles. The van der Waals surface area contributed by atoms with E-state index in [2.05, 4.69) is 15.3 Å². The van der Waals surface area contributed by atoms with Crippen LogP contribution in [0.25, 0.3) is 27.8 Å². The summed E-state index contributed by atoms with van der Waals surface area (Å²) in [5.41, 5.74) is 8.80. The number of carbonyl (C=O) groups excluding carboxylic acids is 1. The monoisotopic (exact) mass is 483 g/mol. The number of nitrogens with two attached hydrogens (primary N) is 1. The molecule has 3 N–H and O–H groups in total. The third kappa shape index (κ3) is 3.29. The zero-order valence-corrected chi connectivity index (χ0v) is 19.4. The molecule has 0 bridgehead atoms. The third-order valence-electron chi connectivity index (χ3n) is 6.56. The molecule has 0 radical (unpaired) electrons. The predicted molar refractivity (Wildman–Crippen MR) is 135 cm³/mol. The van der Waals surface area contributed by atoms with Crippen molar-refractivity contribution in [1.29, 1.82) is 0 Å². The van der Waals surface area contributed by atoms with Crippen LogP contribution in [0.3, 0.4) is 0 Å². The maximum atomic E-state index is 15.3. The summed E-state index contributed by atoms with van der Waals surface area (Å²) in [4.78, 5) is 34.8. The van der Waals surface area contributed by atoms with Gasteiger partial charge in [0.05, 0.1) is 16.8 Å². The maximum absolute atomic E-state index is 15.3. The molecule has 0 fully saturated rings. The molecular formula is C26H22FN7O2. The van der Waals surface area contributed by atoms with Crippen molar-refractivity contribution < 1.29 is 9.18 Å². The number of anilines is 2. The highest BCUT2D eigenvalue weighted by molar-refractivity contribution is 6.05. The van der Waals surface area contributed by atoms with E-state index in [0.717, 1.165) is 6.42 Å². The Morgan fingerprint density at radius 1 is 1.11 bits per heavy atom. The van der Waals surface area contributed by atoms with E-state index in [1.807, 2.05) is 35.0 Å². The van der Waals surface area contributed by atoms with E-state index in [1.54, 1.807) is 29.9 Å². The molecule has 1 aliphatic rings. The molecule has 6 rings (SSSR count). The van der Waals surface area contributed by atoms with Crippen LogP contribution in [0.4, 0.5) is 15.9 Å². The number of hydrogen-bond acceptors (Lipinski definition) is 5. The highest BCUT2D eigenvalue weighted by Crippen LogP contribution is 2.34. The normalized spacial score (nSPS) is 12.7. The van der Waals surface area contributed by atoms with Crippen LogP contribution in [-0.2, 0) is 20.0 Å². The molecule has 3 aromatic heterocycles. The van der Waals surface area contributed by atoms with Gasteiger partial charge < -0.3 is 15.6 Å². The number of benzene rings is 2. The minimum atomic E-state index is -0.560. The largest absolute Gasteiger partial charge is 0.383 e. The van der Waals surface area contributed by atoms with Crippen LogP contribution in [0, 0.1) is 5.82 Å². The SMILES string of the molecule is Cn1cc(-c2ccc(NC(=O)c3c4n(n(-c5ccccc5)c3=O)CCC4)cc2F)c2c(N)ncnc21. The Morgan fingerprint density at radius 2 is 1.92 bits per heavy atom. The highest BCUT2D eigenvalue weighted by atomic mass is 19.1. The average Bonchev–Trinajstić information content (AvgIpc) is 3.53. The van der Waals surface area contributed by atoms with Crippen molar-refractivity contribution in [3.63, 3.8) is 0 Å². The van der Waals surface area contributed by atoms with Crippen molar-refractivity contribution >= 4 is 28.4 Å². The first-order chi connectivity index (χ1) is 17.4. The fourth-order valence-corrected chi connectivity index (χ4v) is 4.97. The lowest BCUT2D eigenvalue weighted by atomic mass is 10.0. The lowest BCUT2D eigenvalue weighted by molar-refractivity contribution is 0.102. The molecule has 9 nitrogen and oxygen atoms in total. The van der Waals surface area contributed by atoms with Crippen molar-refractivity contribution in [3.05, 3.63) is 88.5 Å². The molecule has 0 saturated carbocycles. The van der Waals surface area contributed by atoms with E-state index < -0.39 is 17.3 Å². The van der Waals surface area contributed by atoms with Gasteiger partial charge in [0.2, 0.25) is 0 Å². The number of nitrogens with zero attached hydrogens (tertiary/aromatic N) is 5. The molecule has 0 unspecified atom stereocenters. The number of amides is 1. The number of rotatable bonds is 4. The summed E-state index contributed by atoms with van der Waals surface area (Å²) in [6.07, 6.45) is 4.56. The Labute approximate surface area is 204 Å². The van der Waals surface area contributed by atoms with Crippen LogP contribution in [0.2, 0.25) is 0 Å². The number of hydrogen-bond donors (Lipinski definition) is 2. The number of carbonyl (C=O) groups is 1. The van der Waals surface area contributed by atoms with Gasteiger partial charge in [-0.2, -0.15) is 0 Å². The molecule has 36 heavy (non-hydrogen) atoms. The van der Waals surface area contributed by atoms with E-state index in [1.165, 1.54) is 17.1 Å². The zero-order valence-electron chi connectivity index (χ0n) is 19.4. The Balaban J connectivity index is 1.35. The van der Waals surface area contributed by atoms with Gasteiger partial charge in [0.15, 0.2) is 0 Å². The third-order valence-corrected chi connectivity index (χ3v) is 6.56.